The summed E-state index contributed by atoms with van der Waals surface area (Å²) in [5.74, 6) is 0.425. The molecule has 1 heterocycles. The van der Waals surface area contributed by atoms with E-state index in [0.29, 0.717) is 0 Å². The third kappa shape index (κ3) is 7.81. The van der Waals surface area contributed by atoms with Gasteiger partial charge in [0.05, 0.1) is 0 Å². The van der Waals surface area contributed by atoms with Crippen molar-refractivity contribution < 1.29 is 4.79 Å². The van der Waals surface area contributed by atoms with Crippen molar-refractivity contribution in [2.75, 3.05) is 13.1 Å². The molecule has 1 aromatic rings. The summed E-state index contributed by atoms with van der Waals surface area (Å²) in [6, 6.07) is 4.00. The zero-order valence-corrected chi connectivity index (χ0v) is 13.4. The molecule has 0 aliphatic heterocycles. The highest BCUT2D eigenvalue weighted by molar-refractivity contribution is 5.78. The normalized spacial score (nSPS) is 10.8. The molecule has 0 aliphatic carbocycles. The zero-order valence-electron chi connectivity index (χ0n) is 13.4. The van der Waals surface area contributed by atoms with Crippen molar-refractivity contribution in [1.29, 1.82) is 0 Å². The fraction of sp³-hybridized carbons (Fsp3) is 0.647. The van der Waals surface area contributed by atoms with Gasteiger partial charge in [0.15, 0.2) is 0 Å². The molecule has 4 heteroatoms. The molecule has 0 atom stereocenters. The number of nitrogens with one attached hydrogen (secondary N) is 2. The molecule has 0 fully saturated rings. The van der Waals surface area contributed by atoms with E-state index in [1.54, 1.807) is 6.20 Å². The summed E-state index contributed by atoms with van der Waals surface area (Å²) in [6.07, 6.45) is 8.75. The summed E-state index contributed by atoms with van der Waals surface area (Å²) in [7, 11) is 0. The van der Waals surface area contributed by atoms with E-state index in [4.69, 9.17) is 0 Å². The molecule has 1 aromatic heterocycles. The summed E-state index contributed by atoms with van der Waals surface area (Å²) < 4.78 is 0. The molecule has 118 valence electrons. The summed E-state index contributed by atoms with van der Waals surface area (Å²) in [5, 5.41) is 6.42. The Hall–Kier alpha value is -1.42. The quantitative estimate of drug-likeness (QED) is 0.616. The highest BCUT2D eigenvalue weighted by atomic mass is 16.1. The first-order valence-electron chi connectivity index (χ1n) is 8.15. The minimum Gasteiger partial charge on any atom is -0.356 e. The lowest BCUT2D eigenvalue weighted by molar-refractivity contribution is -0.125. The topological polar surface area (TPSA) is 54.0 Å². The molecule has 4 nitrogen and oxygen atoms in total. The van der Waals surface area contributed by atoms with Crippen LogP contribution in [0, 0.1) is 5.92 Å². The summed E-state index contributed by atoms with van der Waals surface area (Å²) in [5.41, 5.74) is 1.19. The first kappa shape index (κ1) is 17.6. The van der Waals surface area contributed by atoms with E-state index in [1.165, 1.54) is 5.56 Å². The predicted molar refractivity (Wildman–Crippen MR) is 86.9 cm³/mol. The number of hydrogen-bond acceptors (Lipinski definition) is 3. The SMILES string of the molecule is CCCC(CCC)C(=O)NCCCNCc1cccnc1. The van der Waals surface area contributed by atoms with Crippen molar-refractivity contribution in [2.24, 2.45) is 5.92 Å². The van der Waals surface area contributed by atoms with Crippen molar-refractivity contribution in [3.05, 3.63) is 30.1 Å². The van der Waals surface area contributed by atoms with Crippen LogP contribution >= 0.6 is 0 Å². The number of pyridine rings is 1. The molecular weight excluding hydrogens is 262 g/mol. The Morgan fingerprint density at radius 1 is 1.24 bits per heavy atom. The maximum atomic E-state index is 12.0. The van der Waals surface area contributed by atoms with E-state index >= 15 is 0 Å². The molecular formula is C17H29N3O. The highest BCUT2D eigenvalue weighted by Gasteiger charge is 2.15. The van der Waals surface area contributed by atoms with Crippen LogP contribution in [0.4, 0.5) is 0 Å². The lowest BCUT2D eigenvalue weighted by Crippen LogP contribution is -2.32. The first-order valence-corrected chi connectivity index (χ1v) is 8.15. The second kappa shape index (κ2) is 11.3. The van der Waals surface area contributed by atoms with Crippen LogP contribution in [0.5, 0.6) is 0 Å². The number of aromatic nitrogens is 1. The molecule has 0 saturated heterocycles. The van der Waals surface area contributed by atoms with Gasteiger partial charge in [0, 0.05) is 31.4 Å². The molecule has 0 bridgehead atoms. The largest absolute Gasteiger partial charge is 0.356 e. The Bertz CT molecular complexity index is 375. The maximum absolute atomic E-state index is 12.0. The third-order valence-corrected chi connectivity index (χ3v) is 3.53. The van der Waals surface area contributed by atoms with E-state index in [1.807, 2.05) is 12.3 Å². The van der Waals surface area contributed by atoms with E-state index in [2.05, 4.69) is 35.5 Å². The third-order valence-electron chi connectivity index (χ3n) is 3.53. The smallest absolute Gasteiger partial charge is 0.223 e. The average Bonchev–Trinajstić information content (AvgIpc) is 2.51. The van der Waals surface area contributed by atoms with Gasteiger partial charge < -0.3 is 10.6 Å². The molecule has 1 rings (SSSR count). The molecule has 0 radical (unpaired) electrons. The van der Waals surface area contributed by atoms with E-state index in [-0.39, 0.29) is 11.8 Å². The van der Waals surface area contributed by atoms with Gasteiger partial charge >= 0.3 is 0 Å². The predicted octanol–water partition coefficient (Wildman–Crippen LogP) is 2.89. The van der Waals surface area contributed by atoms with Gasteiger partial charge in [0.25, 0.3) is 0 Å². The average molecular weight is 291 g/mol. The lowest BCUT2D eigenvalue weighted by atomic mass is 9.97. The van der Waals surface area contributed by atoms with Crippen LogP contribution in [-0.4, -0.2) is 24.0 Å². The number of nitrogens with zero attached hydrogens (tertiary/aromatic N) is 1. The van der Waals surface area contributed by atoms with Gasteiger partial charge in [-0.3, -0.25) is 9.78 Å². The second-order valence-corrected chi connectivity index (χ2v) is 5.46. The molecule has 0 unspecified atom stereocenters. The van der Waals surface area contributed by atoms with Crippen molar-refractivity contribution in [3.8, 4) is 0 Å². The fourth-order valence-corrected chi connectivity index (χ4v) is 2.41. The van der Waals surface area contributed by atoms with Crippen LogP contribution in [-0.2, 0) is 11.3 Å². The monoisotopic (exact) mass is 291 g/mol. The summed E-state index contributed by atoms with van der Waals surface area (Å²) in [6.45, 7) is 6.76. The molecule has 2 N–H and O–H groups in total. The summed E-state index contributed by atoms with van der Waals surface area (Å²) >= 11 is 0. The molecule has 0 saturated carbocycles. The molecule has 0 spiro atoms. The van der Waals surface area contributed by atoms with E-state index in [0.717, 1.165) is 51.7 Å². The van der Waals surface area contributed by atoms with Crippen LogP contribution in [0.25, 0.3) is 0 Å². The van der Waals surface area contributed by atoms with Crippen molar-refractivity contribution in [3.63, 3.8) is 0 Å². The number of amides is 1. The van der Waals surface area contributed by atoms with Crippen LogP contribution < -0.4 is 10.6 Å². The second-order valence-electron chi connectivity index (χ2n) is 5.46. The maximum Gasteiger partial charge on any atom is 0.223 e. The van der Waals surface area contributed by atoms with Crippen molar-refractivity contribution in [1.82, 2.24) is 15.6 Å². The minimum absolute atomic E-state index is 0.198. The molecule has 0 aromatic carbocycles. The van der Waals surface area contributed by atoms with Gasteiger partial charge in [-0.2, -0.15) is 0 Å². The number of carbonyl (C=O) groups excluding carboxylic acids is 1. The Kier molecular flexibility index (Phi) is 9.46. The molecule has 1 amide bonds. The number of rotatable bonds is 11. The van der Waals surface area contributed by atoms with Gasteiger partial charge in [-0.1, -0.05) is 32.8 Å². The standard InChI is InChI=1S/C17H29N3O/c1-3-7-16(8-4-2)17(21)20-12-6-11-19-14-15-9-5-10-18-13-15/h5,9-10,13,16,19H,3-4,6-8,11-12,14H2,1-2H3,(H,20,21). The lowest BCUT2D eigenvalue weighted by Gasteiger charge is -2.15. The van der Waals surface area contributed by atoms with E-state index < -0.39 is 0 Å². The Morgan fingerprint density at radius 2 is 2.00 bits per heavy atom. The van der Waals surface area contributed by atoms with Gasteiger partial charge in [-0.15, -0.1) is 0 Å². The number of carbonyl (C=O) groups is 1. The van der Waals surface area contributed by atoms with Gasteiger partial charge in [0.1, 0.15) is 0 Å². The Balaban J connectivity index is 2.08. The van der Waals surface area contributed by atoms with Crippen LogP contribution in [0.3, 0.4) is 0 Å². The highest BCUT2D eigenvalue weighted by Crippen LogP contribution is 2.13. The first-order chi connectivity index (χ1) is 10.3. The zero-order chi connectivity index (χ0) is 15.3. The van der Waals surface area contributed by atoms with Gasteiger partial charge in [-0.25, -0.2) is 0 Å². The van der Waals surface area contributed by atoms with Gasteiger partial charge in [-0.05, 0) is 37.4 Å². The molecule has 0 aliphatic rings. The van der Waals surface area contributed by atoms with Gasteiger partial charge in [0.2, 0.25) is 5.91 Å². The van der Waals surface area contributed by atoms with Crippen molar-refractivity contribution >= 4 is 5.91 Å². The van der Waals surface area contributed by atoms with Crippen LogP contribution in [0.15, 0.2) is 24.5 Å². The Morgan fingerprint density at radius 3 is 2.62 bits per heavy atom. The number of hydrogen-bond donors (Lipinski definition) is 2. The Labute approximate surface area is 128 Å². The van der Waals surface area contributed by atoms with Crippen molar-refractivity contribution in [2.45, 2.75) is 52.5 Å². The summed E-state index contributed by atoms with van der Waals surface area (Å²) in [4.78, 5) is 16.1. The van der Waals surface area contributed by atoms with Crippen LogP contribution in [0.2, 0.25) is 0 Å². The van der Waals surface area contributed by atoms with E-state index in [9.17, 15) is 4.79 Å². The van der Waals surface area contributed by atoms with Crippen LogP contribution in [0.1, 0.15) is 51.5 Å². The fourth-order valence-electron chi connectivity index (χ4n) is 2.41. The minimum atomic E-state index is 0.198. The molecule has 21 heavy (non-hydrogen) atoms.